The normalized spacial score (nSPS) is 24.0. The lowest BCUT2D eigenvalue weighted by Crippen LogP contribution is -2.23. The number of amides is 1. The predicted molar refractivity (Wildman–Crippen MR) is 90.0 cm³/mol. The first-order chi connectivity index (χ1) is 10.1. The third-order valence-electron chi connectivity index (χ3n) is 3.90. The van der Waals surface area contributed by atoms with Gasteiger partial charge in [-0.25, -0.2) is 4.79 Å². The van der Waals surface area contributed by atoms with Gasteiger partial charge in [-0.1, -0.05) is 6.42 Å². The van der Waals surface area contributed by atoms with Crippen molar-refractivity contribution in [1.82, 2.24) is 5.32 Å². The number of carbonyl (C=O) groups excluding carboxylic acids is 1. The minimum atomic E-state index is -0.908. The molecule has 0 aromatic heterocycles. The number of carboxylic acids is 1. The van der Waals surface area contributed by atoms with E-state index in [1.165, 1.54) is 11.8 Å². The molecule has 0 radical (unpaired) electrons. The zero-order valence-corrected chi connectivity index (χ0v) is 14.1. The maximum absolute atomic E-state index is 12.2. The molecule has 1 aliphatic heterocycles. The summed E-state index contributed by atoms with van der Waals surface area (Å²) in [5, 5.41) is 13.1. The van der Waals surface area contributed by atoms with Crippen LogP contribution in [-0.2, 0) is 4.79 Å². The molecule has 21 heavy (non-hydrogen) atoms. The third-order valence-corrected chi connectivity index (χ3v) is 6.04. The van der Waals surface area contributed by atoms with Gasteiger partial charge >= 0.3 is 5.97 Å². The van der Waals surface area contributed by atoms with E-state index in [1.807, 2.05) is 12.1 Å². The summed E-state index contributed by atoms with van der Waals surface area (Å²) in [7, 11) is 0. The van der Waals surface area contributed by atoms with Gasteiger partial charge in [0.25, 0.3) is 5.91 Å². The molecule has 2 unspecified atom stereocenters. The molecule has 3 rings (SSSR count). The summed E-state index contributed by atoms with van der Waals surface area (Å²) in [6.45, 7) is 0. The Kier molecular flexibility index (Phi) is 4.26. The number of thioether (sulfide) groups is 1. The van der Waals surface area contributed by atoms with Gasteiger partial charge in [0, 0.05) is 20.3 Å². The van der Waals surface area contributed by atoms with Crippen LogP contribution in [0.3, 0.4) is 0 Å². The number of carboxylic acid groups (broad SMARTS) is 1. The number of fused-ring (bicyclic) bond motifs is 1. The highest BCUT2D eigenvalue weighted by Gasteiger charge is 2.42. The Balaban J connectivity index is 1.82. The monoisotopic (exact) mass is 415 g/mol. The van der Waals surface area contributed by atoms with Crippen molar-refractivity contribution < 1.29 is 14.7 Å². The van der Waals surface area contributed by atoms with E-state index in [4.69, 9.17) is 0 Å². The zero-order chi connectivity index (χ0) is 15.0. The van der Waals surface area contributed by atoms with Crippen LogP contribution < -0.4 is 5.32 Å². The summed E-state index contributed by atoms with van der Waals surface area (Å²) in [5.41, 5.74) is 0.937. The van der Waals surface area contributed by atoms with Crippen LogP contribution in [0.4, 0.5) is 0 Å². The fraction of sp³-hybridized carbons (Fsp3) is 0.333. The molecule has 2 aliphatic rings. The highest BCUT2D eigenvalue weighted by Crippen LogP contribution is 2.49. The van der Waals surface area contributed by atoms with Crippen molar-refractivity contribution in [1.29, 1.82) is 0 Å². The summed E-state index contributed by atoms with van der Waals surface area (Å²) in [4.78, 5) is 23.7. The van der Waals surface area contributed by atoms with Crippen molar-refractivity contribution >= 4 is 46.2 Å². The highest BCUT2D eigenvalue weighted by atomic mass is 127. The maximum Gasteiger partial charge on any atom is 0.334 e. The first-order valence-corrected chi connectivity index (χ1v) is 8.73. The Labute approximate surface area is 140 Å². The predicted octanol–water partition coefficient (Wildman–Crippen LogP) is 3.23. The van der Waals surface area contributed by atoms with Crippen LogP contribution in [0.15, 0.2) is 34.9 Å². The Hall–Kier alpha value is -1.02. The van der Waals surface area contributed by atoms with Crippen LogP contribution in [0, 0.1) is 9.49 Å². The van der Waals surface area contributed by atoms with Crippen molar-refractivity contribution in [3.8, 4) is 0 Å². The number of rotatable bonds is 3. The summed E-state index contributed by atoms with van der Waals surface area (Å²) >= 11 is 3.69. The Morgan fingerprint density at radius 3 is 2.62 bits per heavy atom. The maximum atomic E-state index is 12.2. The molecule has 1 aromatic carbocycles. The average molecular weight is 415 g/mol. The number of hydrogen-bond donors (Lipinski definition) is 2. The summed E-state index contributed by atoms with van der Waals surface area (Å²) in [6, 6.07) is 7.22. The van der Waals surface area contributed by atoms with E-state index in [0.717, 1.165) is 22.8 Å². The fourth-order valence-corrected chi connectivity index (χ4v) is 4.81. The molecule has 0 saturated heterocycles. The molecule has 1 amide bonds. The van der Waals surface area contributed by atoms with Crippen molar-refractivity contribution in [2.24, 2.45) is 5.92 Å². The second-order valence-electron chi connectivity index (χ2n) is 5.20. The van der Waals surface area contributed by atoms with Gasteiger partial charge in [-0.3, -0.25) is 4.79 Å². The first-order valence-electron chi connectivity index (χ1n) is 6.77. The lowest BCUT2D eigenvalue weighted by Gasteiger charge is -2.09. The van der Waals surface area contributed by atoms with Crippen LogP contribution >= 0.6 is 34.4 Å². The molecule has 2 N–H and O–H groups in total. The Morgan fingerprint density at radius 1 is 1.24 bits per heavy atom. The average Bonchev–Trinajstić information content (AvgIpc) is 2.98. The van der Waals surface area contributed by atoms with E-state index in [1.54, 1.807) is 12.1 Å². The summed E-state index contributed by atoms with van der Waals surface area (Å²) < 4.78 is 1.05. The number of nitrogens with one attached hydrogen (secondary N) is 1. The number of benzene rings is 1. The van der Waals surface area contributed by atoms with Crippen molar-refractivity contribution in [3.63, 3.8) is 0 Å². The van der Waals surface area contributed by atoms with E-state index in [0.29, 0.717) is 21.4 Å². The van der Waals surface area contributed by atoms with Crippen LogP contribution in [0.2, 0.25) is 0 Å². The molecule has 1 saturated carbocycles. The largest absolute Gasteiger partial charge is 0.478 e. The van der Waals surface area contributed by atoms with Gasteiger partial charge in [0.1, 0.15) is 0 Å². The standard InChI is InChI=1S/C15H14INO3S/c16-9-6-4-8(5-7-9)13(18)17-14-12(15(19)20)10-2-1-3-11(10)21-14/h4-7,10-11H,1-3H2,(H,17,18)(H,19,20). The number of halogens is 1. The van der Waals surface area contributed by atoms with E-state index in [2.05, 4.69) is 27.9 Å². The molecular formula is C15H14INO3S. The van der Waals surface area contributed by atoms with Gasteiger partial charge in [0.05, 0.1) is 10.6 Å². The van der Waals surface area contributed by atoms with E-state index < -0.39 is 5.97 Å². The molecule has 2 atom stereocenters. The van der Waals surface area contributed by atoms with Crippen LogP contribution in [0.25, 0.3) is 0 Å². The SMILES string of the molecule is O=C(O)C1=C(NC(=O)c2ccc(I)cc2)SC2CCCC12. The number of carbonyl (C=O) groups is 2. The smallest absolute Gasteiger partial charge is 0.334 e. The van der Waals surface area contributed by atoms with Crippen molar-refractivity contribution in [2.45, 2.75) is 24.5 Å². The van der Waals surface area contributed by atoms with Gasteiger partial charge in [-0.2, -0.15) is 0 Å². The molecule has 1 heterocycles. The minimum Gasteiger partial charge on any atom is -0.478 e. The molecule has 110 valence electrons. The van der Waals surface area contributed by atoms with Gasteiger partial charge in [0.2, 0.25) is 0 Å². The molecular weight excluding hydrogens is 401 g/mol. The van der Waals surface area contributed by atoms with E-state index in [9.17, 15) is 14.7 Å². The van der Waals surface area contributed by atoms with Crippen molar-refractivity contribution in [3.05, 3.63) is 44.0 Å². The second kappa shape index (κ2) is 6.00. The quantitative estimate of drug-likeness (QED) is 0.745. The topological polar surface area (TPSA) is 66.4 Å². The Morgan fingerprint density at radius 2 is 1.95 bits per heavy atom. The minimum absolute atomic E-state index is 0.0829. The second-order valence-corrected chi connectivity index (χ2v) is 7.70. The highest BCUT2D eigenvalue weighted by molar-refractivity contribution is 14.1. The summed E-state index contributed by atoms with van der Waals surface area (Å²) in [5.74, 6) is -1.07. The molecule has 0 spiro atoms. The van der Waals surface area contributed by atoms with Gasteiger partial charge in [0.15, 0.2) is 0 Å². The van der Waals surface area contributed by atoms with Crippen LogP contribution in [-0.4, -0.2) is 22.2 Å². The zero-order valence-electron chi connectivity index (χ0n) is 11.1. The summed E-state index contributed by atoms with van der Waals surface area (Å²) in [6.07, 6.45) is 2.99. The lowest BCUT2D eigenvalue weighted by molar-refractivity contribution is -0.133. The third kappa shape index (κ3) is 2.96. The van der Waals surface area contributed by atoms with Gasteiger partial charge in [-0.15, -0.1) is 11.8 Å². The van der Waals surface area contributed by atoms with E-state index in [-0.39, 0.29) is 11.8 Å². The van der Waals surface area contributed by atoms with Crippen LogP contribution in [0.1, 0.15) is 29.6 Å². The van der Waals surface area contributed by atoms with Gasteiger partial charge < -0.3 is 10.4 Å². The number of hydrogen-bond acceptors (Lipinski definition) is 3. The first kappa shape index (κ1) is 14.9. The fourth-order valence-electron chi connectivity index (χ4n) is 2.91. The Bertz CT molecular complexity index is 626. The van der Waals surface area contributed by atoms with E-state index >= 15 is 0 Å². The molecule has 6 heteroatoms. The molecule has 1 fully saturated rings. The molecule has 4 nitrogen and oxygen atoms in total. The molecule has 0 bridgehead atoms. The van der Waals surface area contributed by atoms with Gasteiger partial charge in [-0.05, 0) is 59.7 Å². The molecule has 1 aromatic rings. The van der Waals surface area contributed by atoms with Crippen LogP contribution in [0.5, 0.6) is 0 Å². The van der Waals surface area contributed by atoms with Crippen molar-refractivity contribution in [2.75, 3.05) is 0 Å². The number of aliphatic carboxylic acids is 1. The lowest BCUT2D eigenvalue weighted by atomic mass is 9.98. The molecule has 1 aliphatic carbocycles.